The molecule has 22 heavy (non-hydrogen) atoms. The molecule has 0 aliphatic heterocycles. The summed E-state index contributed by atoms with van der Waals surface area (Å²) in [5.74, 6) is 2.58. The molecule has 0 saturated carbocycles. The summed E-state index contributed by atoms with van der Waals surface area (Å²) in [7, 11) is 1.68. The Kier molecular flexibility index (Phi) is 6.01. The van der Waals surface area contributed by atoms with Crippen molar-refractivity contribution in [3.05, 3.63) is 42.2 Å². The molecule has 1 atom stereocenters. The number of nitrogens with one attached hydrogen (secondary N) is 2. The Morgan fingerprint density at radius 3 is 2.55 bits per heavy atom. The molecule has 5 heteroatoms. The minimum absolute atomic E-state index is 0.405. The zero-order valence-corrected chi connectivity index (χ0v) is 13.5. The van der Waals surface area contributed by atoms with Crippen LogP contribution in [0.3, 0.4) is 0 Å². The van der Waals surface area contributed by atoms with Crippen LogP contribution in [0.5, 0.6) is 5.75 Å². The SMILES string of the molecule is CCC(C)Nc1cc(NCCc2ccc(OC)cc2)ncn1. The first-order valence-electron chi connectivity index (χ1n) is 7.66. The Morgan fingerprint density at radius 1 is 1.14 bits per heavy atom. The van der Waals surface area contributed by atoms with Crippen molar-refractivity contribution in [3.63, 3.8) is 0 Å². The number of ether oxygens (including phenoxy) is 1. The molecular weight excluding hydrogens is 276 g/mol. The van der Waals surface area contributed by atoms with E-state index in [4.69, 9.17) is 4.74 Å². The zero-order valence-electron chi connectivity index (χ0n) is 13.5. The number of hydrogen-bond acceptors (Lipinski definition) is 5. The predicted octanol–water partition coefficient (Wildman–Crippen LogP) is 3.35. The maximum atomic E-state index is 5.16. The zero-order chi connectivity index (χ0) is 15.8. The molecule has 1 aromatic carbocycles. The van der Waals surface area contributed by atoms with Crippen molar-refractivity contribution in [2.75, 3.05) is 24.3 Å². The maximum absolute atomic E-state index is 5.16. The standard InChI is InChI=1S/C17H24N4O/c1-4-13(2)21-17-11-16(19-12-20-17)18-10-9-14-5-7-15(22-3)8-6-14/h5-8,11-13H,4,9-10H2,1-3H3,(H2,18,19,20,21). The van der Waals surface area contributed by atoms with Gasteiger partial charge in [0, 0.05) is 18.7 Å². The number of methoxy groups -OCH3 is 1. The molecule has 0 bridgehead atoms. The molecule has 0 fully saturated rings. The van der Waals surface area contributed by atoms with Crippen molar-refractivity contribution in [1.29, 1.82) is 0 Å². The number of hydrogen-bond donors (Lipinski definition) is 2. The van der Waals surface area contributed by atoms with Crippen molar-refractivity contribution in [2.24, 2.45) is 0 Å². The van der Waals surface area contributed by atoms with E-state index in [0.29, 0.717) is 6.04 Å². The van der Waals surface area contributed by atoms with Crippen molar-refractivity contribution >= 4 is 11.6 Å². The Labute approximate surface area is 132 Å². The van der Waals surface area contributed by atoms with E-state index in [1.54, 1.807) is 13.4 Å². The van der Waals surface area contributed by atoms with E-state index in [2.05, 4.69) is 46.6 Å². The molecule has 0 radical (unpaired) electrons. The lowest BCUT2D eigenvalue weighted by Crippen LogP contribution is -2.15. The van der Waals surface area contributed by atoms with Gasteiger partial charge in [0.15, 0.2) is 0 Å². The molecule has 118 valence electrons. The van der Waals surface area contributed by atoms with Crippen LogP contribution in [-0.2, 0) is 6.42 Å². The first-order valence-corrected chi connectivity index (χ1v) is 7.66. The van der Waals surface area contributed by atoms with Gasteiger partial charge in [-0.25, -0.2) is 9.97 Å². The highest BCUT2D eigenvalue weighted by molar-refractivity contribution is 5.46. The smallest absolute Gasteiger partial charge is 0.131 e. The lowest BCUT2D eigenvalue weighted by atomic mass is 10.1. The molecule has 0 aliphatic carbocycles. The van der Waals surface area contributed by atoms with Gasteiger partial charge >= 0.3 is 0 Å². The van der Waals surface area contributed by atoms with Gasteiger partial charge in [0.05, 0.1) is 7.11 Å². The highest BCUT2D eigenvalue weighted by Gasteiger charge is 2.02. The predicted molar refractivity (Wildman–Crippen MR) is 90.6 cm³/mol. The van der Waals surface area contributed by atoms with Crippen LogP contribution >= 0.6 is 0 Å². The van der Waals surface area contributed by atoms with Gasteiger partial charge in [0.25, 0.3) is 0 Å². The number of anilines is 2. The van der Waals surface area contributed by atoms with Gasteiger partial charge in [-0.1, -0.05) is 19.1 Å². The first kappa shape index (κ1) is 16.1. The van der Waals surface area contributed by atoms with Gasteiger partial charge in [-0.05, 0) is 37.5 Å². The quantitative estimate of drug-likeness (QED) is 0.783. The fraction of sp³-hybridized carbons (Fsp3) is 0.412. The third kappa shape index (κ3) is 4.91. The van der Waals surface area contributed by atoms with Gasteiger partial charge in [-0.3, -0.25) is 0 Å². The summed E-state index contributed by atoms with van der Waals surface area (Å²) in [4.78, 5) is 8.49. The van der Waals surface area contributed by atoms with Gasteiger partial charge in [0.1, 0.15) is 23.7 Å². The molecular formula is C17H24N4O. The fourth-order valence-electron chi connectivity index (χ4n) is 2.01. The van der Waals surface area contributed by atoms with Crippen LogP contribution in [0.4, 0.5) is 11.6 Å². The molecule has 2 aromatic rings. The first-order chi connectivity index (χ1) is 10.7. The monoisotopic (exact) mass is 300 g/mol. The van der Waals surface area contributed by atoms with E-state index >= 15 is 0 Å². The highest BCUT2D eigenvalue weighted by Crippen LogP contribution is 2.13. The molecule has 0 aliphatic rings. The summed E-state index contributed by atoms with van der Waals surface area (Å²) in [5.41, 5.74) is 1.26. The number of nitrogens with zero attached hydrogens (tertiary/aromatic N) is 2. The highest BCUT2D eigenvalue weighted by atomic mass is 16.5. The van der Waals surface area contributed by atoms with E-state index < -0.39 is 0 Å². The van der Waals surface area contributed by atoms with Crippen LogP contribution in [-0.4, -0.2) is 29.7 Å². The molecule has 5 nitrogen and oxygen atoms in total. The Bertz CT molecular complexity index is 571. The second kappa shape index (κ2) is 8.22. The summed E-state index contributed by atoms with van der Waals surface area (Å²) >= 11 is 0. The minimum atomic E-state index is 0.405. The Balaban J connectivity index is 1.84. The molecule has 0 saturated heterocycles. The van der Waals surface area contributed by atoms with Crippen LogP contribution in [0.2, 0.25) is 0 Å². The van der Waals surface area contributed by atoms with E-state index in [0.717, 1.165) is 36.8 Å². The van der Waals surface area contributed by atoms with Crippen LogP contribution < -0.4 is 15.4 Å². The second-order valence-electron chi connectivity index (χ2n) is 5.27. The van der Waals surface area contributed by atoms with Gasteiger partial charge in [-0.15, -0.1) is 0 Å². The topological polar surface area (TPSA) is 59.1 Å². The Hall–Kier alpha value is -2.30. The number of aromatic nitrogens is 2. The van der Waals surface area contributed by atoms with Crippen molar-refractivity contribution in [2.45, 2.75) is 32.7 Å². The second-order valence-corrected chi connectivity index (χ2v) is 5.27. The van der Waals surface area contributed by atoms with Gasteiger partial charge < -0.3 is 15.4 Å². The molecule has 0 spiro atoms. The molecule has 2 rings (SSSR count). The normalized spacial score (nSPS) is 11.8. The summed E-state index contributed by atoms with van der Waals surface area (Å²) < 4.78 is 5.16. The van der Waals surface area contributed by atoms with Crippen LogP contribution in [0, 0.1) is 0 Å². The summed E-state index contributed by atoms with van der Waals surface area (Å²) in [6.07, 6.45) is 3.58. The Morgan fingerprint density at radius 2 is 1.86 bits per heavy atom. The van der Waals surface area contributed by atoms with Gasteiger partial charge in [0.2, 0.25) is 0 Å². The lowest BCUT2D eigenvalue weighted by molar-refractivity contribution is 0.414. The van der Waals surface area contributed by atoms with E-state index in [-0.39, 0.29) is 0 Å². The van der Waals surface area contributed by atoms with Crippen LogP contribution in [0.15, 0.2) is 36.7 Å². The maximum Gasteiger partial charge on any atom is 0.131 e. The van der Waals surface area contributed by atoms with E-state index in [1.807, 2.05) is 18.2 Å². The van der Waals surface area contributed by atoms with E-state index in [9.17, 15) is 0 Å². The van der Waals surface area contributed by atoms with Crippen molar-refractivity contribution in [1.82, 2.24) is 9.97 Å². The third-order valence-electron chi connectivity index (χ3n) is 3.55. The summed E-state index contributed by atoms with van der Waals surface area (Å²) in [6, 6.07) is 10.5. The van der Waals surface area contributed by atoms with Crippen LogP contribution in [0.1, 0.15) is 25.8 Å². The molecule has 1 heterocycles. The van der Waals surface area contributed by atoms with Gasteiger partial charge in [-0.2, -0.15) is 0 Å². The van der Waals surface area contributed by atoms with Crippen molar-refractivity contribution < 1.29 is 4.74 Å². The molecule has 1 unspecified atom stereocenters. The number of rotatable bonds is 8. The summed E-state index contributed by atoms with van der Waals surface area (Å²) in [6.45, 7) is 5.11. The lowest BCUT2D eigenvalue weighted by Gasteiger charge is -2.13. The van der Waals surface area contributed by atoms with Crippen molar-refractivity contribution in [3.8, 4) is 5.75 Å². The minimum Gasteiger partial charge on any atom is -0.497 e. The average molecular weight is 300 g/mol. The average Bonchev–Trinajstić information content (AvgIpc) is 2.56. The summed E-state index contributed by atoms with van der Waals surface area (Å²) in [5, 5.41) is 6.68. The molecule has 0 amide bonds. The molecule has 2 N–H and O–H groups in total. The molecule has 1 aromatic heterocycles. The van der Waals surface area contributed by atoms with E-state index in [1.165, 1.54) is 5.56 Å². The fourth-order valence-corrected chi connectivity index (χ4v) is 2.01. The third-order valence-corrected chi connectivity index (χ3v) is 3.55. The van der Waals surface area contributed by atoms with Crippen LogP contribution in [0.25, 0.3) is 0 Å². The number of benzene rings is 1. The largest absolute Gasteiger partial charge is 0.497 e.